The van der Waals surface area contributed by atoms with E-state index in [1.54, 1.807) is 0 Å². The topological polar surface area (TPSA) is 60.1 Å². The summed E-state index contributed by atoms with van der Waals surface area (Å²) in [5, 5.41) is 3.80. The molecule has 2 aliphatic rings. The first kappa shape index (κ1) is 13.9. The number of hydrogen-bond donors (Lipinski definition) is 2. The normalized spacial score (nSPS) is 25.9. The van der Waals surface area contributed by atoms with Gasteiger partial charge in [0.1, 0.15) is 5.69 Å². The first-order chi connectivity index (χ1) is 9.69. The zero-order valence-electron chi connectivity index (χ0n) is 12.0. The van der Waals surface area contributed by atoms with Crippen LogP contribution in [0.3, 0.4) is 0 Å². The highest BCUT2D eigenvalue weighted by atomic mass is 32.2. The number of nitrogen functional groups attached to an aromatic ring is 1. The molecule has 0 aromatic carbocycles. The summed E-state index contributed by atoms with van der Waals surface area (Å²) in [6, 6.07) is 2.61. The molecule has 20 heavy (non-hydrogen) atoms. The van der Waals surface area contributed by atoms with Crippen LogP contribution in [0.25, 0.3) is 0 Å². The molecule has 110 valence electrons. The summed E-state index contributed by atoms with van der Waals surface area (Å²) >= 11 is 1.97. The predicted molar refractivity (Wildman–Crippen MR) is 84.1 cm³/mol. The van der Waals surface area contributed by atoms with Gasteiger partial charge in [-0.3, -0.25) is 4.79 Å². The Hall–Kier alpha value is -1.10. The Morgan fingerprint density at radius 1 is 1.45 bits per heavy atom. The number of nitrogens with one attached hydrogen (secondary N) is 1. The monoisotopic (exact) mass is 293 g/mol. The summed E-state index contributed by atoms with van der Waals surface area (Å²) < 4.78 is 2.06. The van der Waals surface area contributed by atoms with E-state index < -0.39 is 0 Å². The van der Waals surface area contributed by atoms with E-state index >= 15 is 0 Å². The molecule has 0 radical (unpaired) electrons. The molecule has 2 atom stereocenters. The standard InChI is InChI=1S/C15H23N3OS/c1-2-20-14-5-3-4-12(14)17-15(19)13-8-10(16)9-18(13)11-6-7-11/h8-9,11-12,14H,2-7,16H2,1H3,(H,17,19). The van der Waals surface area contributed by atoms with Gasteiger partial charge in [-0.05, 0) is 37.5 Å². The first-order valence-electron chi connectivity index (χ1n) is 7.59. The van der Waals surface area contributed by atoms with Crippen LogP contribution < -0.4 is 11.1 Å². The summed E-state index contributed by atoms with van der Waals surface area (Å²) in [5.41, 5.74) is 7.28. The van der Waals surface area contributed by atoms with E-state index in [1.165, 1.54) is 12.8 Å². The Bertz CT molecular complexity index is 495. The lowest BCUT2D eigenvalue weighted by molar-refractivity contribution is 0.0929. The fraction of sp³-hybridized carbons (Fsp3) is 0.667. The van der Waals surface area contributed by atoms with E-state index in [4.69, 9.17) is 5.73 Å². The van der Waals surface area contributed by atoms with Crippen LogP contribution in [0.1, 0.15) is 55.6 Å². The van der Waals surface area contributed by atoms with Crippen LogP contribution in [-0.2, 0) is 0 Å². The Morgan fingerprint density at radius 3 is 2.95 bits per heavy atom. The van der Waals surface area contributed by atoms with Crippen molar-refractivity contribution in [1.82, 2.24) is 9.88 Å². The van der Waals surface area contributed by atoms with E-state index in [0.717, 1.165) is 30.7 Å². The Morgan fingerprint density at radius 2 is 2.25 bits per heavy atom. The van der Waals surface area contributed by atoms with Crippen molar-refractivity contribution in [1.29, 1.82) is 0 Å². The van der Waals surface area contributed by atoms with Crippen molar-refractivity contribution in [3.63, 3.8) is 0 Å². The fourth-order valence-electron chi connectivity index (χ4n) is 3.08. The fourth-order valence-corrected chi connectivity index (χ4v) is 4.28. The third-order valence-electron chi connectivity index (χ3n) is 4.19. The Labute approximate surface area is 124 Å². The maximum atomic E-state index is 12.5. The molecule has 3 N–H and O–H groups in total. The van der Waals surface area contributed by atoms with Crippen molar-refractivity contribution < 1.29 is 4.79 Å². The quantitative estimate of drug-likeness (QED) is 0.877. The minimum Gasteiger partial charge on any atom is -0.397 e. The second-order valence-corrected chi connectivity index (χ2v) is 7.32. The lowest BCUT2D eigenvalue weighted by Gasteiger charge is -2.20. The molecule has 2 fully saturated rings. The van der Waals surface area contributed by atoms with Gasteiger partial charge in [0.15, 0.2) is 0 Å². The summed E-state index contributed by atoms with van der Waals surface area (Å²) in [6.45, 7) is 2.18. The largest absolute Gasteiger partial charge is 0.397 e. The van der Waals surface area contributed by atoms with Gasteiger partial charge in [0, 0.05) is 23.5 Å². The smallest absolute Gasteiger partial charge is 0.268 e. The van der Waals surface area contributed by atoms with Crippen molar-refractivity contribution in [2.45, 2.75) is 56.4 Å². The molecule has 4 nitrogen and oxygen atoms in total. The van der Waals surface area contributed by atoms with Crippen LogP contribution in [0.4, 0.5) is 5.69 Å². The van der Waals surface area contributed by atoms with E-state index in [2.05, 4.69) is 16.8 Å². The van der Waals surface area contributed by atoms with Crippen molar-refractivity contribution >= 4 is 23.4 Å². The van der Waals surface area contributed by atoms with Crippen LogP contribution in [0.5, 0.6) is 0 Å². The van der Waals surface area contributed by atoms with Crippen LogP contribution in [0.15, 0.2) is 12.3 Å². The number of rotatable bonds is 5. The van der Waals surface area contributed by atoms with Gasteiger partial charge in [-0.15, -0.1) is 0 Å². The van der Waals surface area contributed by atoms with Crippen LogP contribution >= 0.6 is 11.8 Å². The number of nitrogens with zero attached hydrogens (tertiary/aromatic N) is 1. The third kappa shape index (κ3) is 2.82. The lowest BCUT2D eigenvalue weighted by Crippen LogP contribution is -2.39. The SMILES string of the molecule is CCSC1CCCC1NC(=O)c1cc(N)cn1C1CC1. The van der Waals surface area contributed by atoms with E-state index in [-0.39, 0.29) is 5.91 Å². The molecule has 0 saturated heterocycles. The number of carbonyl (C=O) groups is 1. The van der Waals surface area contributed by atoms with Gasteiger partial charge in [0.2, 0.25) is 0 Å². The molecule has 0 bridgehead atoms. The van der Waals surface area contributed by atoms with Gasteiger partial charge >= 0.3 is 0 Å². The minimum absolute atomic E-state index is 0.0437. The molecule has 0 aliphatic heterocycles. The lowest BCUT2D eigenvalue weighted by atomic mass is 10.2. The summed E-state index contributed by atoms with van der Waals surface area (Å²) in [7, 11) is 0. The molecule has 3 rings (SSSR count). The van der Waals surface area contributed by atoms with Crippen LogP contribution in [-0.4, -0.2) is 27.5 Å². The van der Waals surface area contributed by atoms with E-state index in [1.807, 2.05) is 24.0 Å². The van der Waals surface area contributed by atoms with E-state index in [0.29, 0.717) is 23.0 Å². The second kappa shape index (κ2) is 5.72. The minimum atomic E-state index is 0.0437. The summed E-state index contributed by atoms with van der Waals surface area (Å²) in [6.07, 6.45) is 7.75. The number of amides is 1. The number of nitrogens with two attached hydrogens (primary N) is 1. The highest BCUT2D eigenvalue weighted by molar-refractivity contribution is 7.99. The number of thioether (sulfide) groups is 1. The Kier molecular flexibility index (Phi) is 3.96. The number of aromatic nitrogens is 1. The molecule has 2 aliphatic carbocycles. The van der Waals surface area contributed by atoms with Gasteiger partial charge in [-0.25, -0.2) is 0 Å². The summed E-state index contributed by atoms with van der Waals surface area (Å²) in [4.78, 5) is 12.5. The maximum Gasteiger partial charge on any atom is 0.268 e. The van der Waals surface area contributed by atoms with Crippen molar-refractivity contribution in [3.8, 4) is 0 Å². The van der Waals surface area contributed by atoms with E-state index in [9.17, 15) is 4.79 Å². The molecule has 1 heterocycles. The molecule has 0 spiro atoms. The average Bonchev–Trinajstić information content (AvgIpc) is 3.06. The summed E-state index contributed by atoms with van der Waals surface area (Å²) in [5.74, 6) is 1.16. The van der Waals surface area contributed by atoms with Crippen LogP contribution in [0, 0.1) is 0 Å². The van der Waals surface area contributed by atoms with Crippen molar-refractivity contribution in [2.24, 2.45) is 0 Å². The zero-order valence-corrected chi connectivity index (χ0v) is 12.8. The van der Waals surface area contributed by atoms with Crippen LogP contribution in [0.2, 0.25) is 0 Å². The highest BCUT2D eigenvalue weighted by Gasteiger charge is 2.31. The van der Waals surface area contributed by atoms with Crippen molar-refractivity contribution in [3.05, 3.63) is 18.0 Å². The molecular formula is C15H23N3OS. The van der Waals surface area contributed by atoms with Gasteiger partial charge in [0.05, 0.1) is 5.69 Å². The third-order valence-corrected chi connectivity index (χ3v) is 5.52. The molecule has 2 unspecified atom stereocenters. The average molecular weight is 293 g/mol. The second-order valence-electron chi connectivity index (χ2n) is 5.80. The molecule has 1 aromatic heterocycles. The number of carbonyl (C=O) groups excluding carboxylic acids is 1. The zero-order chi connectivity index (χ0) is 14.1. The molecular weight excluding hydrogens is 270 g/mol. The van der Waals surface area contributed by atoms with Gasteiger partial charge in [-0.1, -0.05) is 13.3 Å². The molecule has 5 heteroatoms. The predicted octanol–water partition coefficient (Wildman–Crippen LogP) is 2.81. The molecule has 2 saturated carbocycles. The van der Waals surface area contributed by atoms with Gasteiger partial charge in [0.25, 0.3) is 5.91 Å². The number of anilines is 1. The van der Waals surface area contributed by atoms with Gasteiger partial charge < -0.3 is 15.6 Å². The van der Waals surface area contributed by atoms with Gasteiger partial charge in [-0.2, -0.15) is 11.8 Å². The maximum absolute atomic E-state index is 12.5. The van der Waals surface area contributed by atoms with Crippen molar-refractivity contribution in [2.75, 3.05) is 11.5 Å². The Balaban J connectivity index is 1.69. The number of hydrogen-bond acceptors (Lipinski definition) is 3. The highest BCUT2D eigenvalue weighted by Crippen LogP contribution is 2.37. The first-order valence-corrected chi connectivity index (χ1v) is 8.63. The molecule has 1 amide bonds. The molecule has 1 aromatic rings.